The molecule has 0 radical (unpaired) electrons. The molecule has 9 heteroatoms. The van der Waals surface area contributed by atoms with Crippen LogP contribution in [0.15, 0.2) is 112 Å². The topological polar surface area (TPSA) is 88.4 Å². The van der Waals surface area contributed by atoms with Crippen LogP contribution in [0.3, 0.4) is 0 Å². The molecule has 0 saturated carbocycles. The van der Waals surface area contributed by atoms with Gasteiger partial charge in [0.2, 0.25) is 6.79 Å². The third-order valence-electron chi connectivity index (χ3n) is 8.31. The van der Waals surface area contributed by atoms with Gasteiger partial charge in [0.1, 0.15) is 12.4 Å². The molecule has 0 N–H and O–H groups in total. The molecular formula is C39H34N2O6S. The van der Waals surface area contributed by atoms with Gasteiger partial charge in [-0.15, -0.1) is 0 Å². The van der Waals surface area contributed by atoms with Crippen LogP contribution in [0.2, 0.25) is 0 Å². The molecule has 1 aromatic heterocycles. The fourth-order valence-corrected chi connectivity index (χ4v) is 6.83. The maximum Gasteiger partial charge on any atom is 0.338 e. The Bertz CT molecular complexity index is 2180. The van der Waals surface area contributed by atoms with Crippen LogP contribution in [0.4, 0.5) is 0 Å². The zero-order valence-corrected chi connectivity index (χ0v) is 27.7. The summed E-state index contributed by atoms with van der Waals surface area (Å²) in [5, 5.41) is 0. The second-order valence-corrected chi connectivity index (χ2v) is 12.8. The molecular weight excluding hydrogens is 625 g/mol. The first-order chi connectivity index (χ1) is 23.4. The van der Waals surface area contributed by atoms with E-state index in [1.807, 2.05) is 91.0 Å². The average molecular weight is 659 g/mol. The van der Waals surface area contributed by atoms with Crippen molar-refractivity contribution in [2.24, 2.45) is 4.99 Å². The van der Waals surface area contributed by atoms with E-state index in [9.17, 15) is 9.59 Å². The summed E-state index contributed by atoms with van der Waals surface area (Å²) in [7, 11) is 0. The van der Waals surface area contributed by atoms with Crippen molar-refractivity contribution in [2.75, 3.05) is 13.4 Å². The normalized spacial score (nSPS) is 15.3. The number of carbonyl (C=O) groups is 1. The Labute approximate surface area is 281 Å². The minimum absolute atomic E-state index is 0.199. The zero-order valence-electron chi connectivity index (χ0n) is 26.8. The van der Waals surface area contributed by atoms with E-state index in [1.54, 1.807) is 11.5 Å². The Morgan fingerprint density at radius 3 is 2.46 bits per heavy atom. The fourth-order valence-electron chi connectivity index (χ4n) is 5.83. The van der Waals surface area contributed by atoms with E-state index in [2.05, 4.69) is 26.0 Å². The monoisotopic (exact) mass is 658 g/mol. The van der Waals surface area contributed by atoms with Crippen LogP contribution >= 0.6 is 11.3 Å². The maximum atomic E-state index is 14.2. The van der Waals surface area contributed by atoms with E-state index >= 15 is 0 Å². The predicted molar refractivity (Wildman–Crippen MR) is 185 cm³/mol. The van der Waals surface area contributed by atoms with Gasteiger partial charge < -0.3 is 18.9 Å². The van der Waals surface area contributed by atoms with Crippen molar-refractivity contribution < 1.29 is 23.7 Å². The number of ether oxygens (including phenoxy) is 4. The molecule has 0 saturated heterocycles. The van der Waals surface area contributed by atoms with Gasteiger partial charge in [0.05, 0.1) is 28.5 Å². The van der Waals surface area contributed by atoms with Crippen LogP contribution < -0.4 is 29.1 Å². The number of hydrogen-bond acceptors (Lipinski definition) is 8. The summed E-state index contributed by atoms with van der Waals surface area (Å²) in [6.45, 7) is 6.84. The quantitative estimate of drug-likeness (QED) is 0.171. The number of carbonyl (C=O) groups excluding carboxylic acids is 1. The lowest BCUT2D eigenvalue weighted by molar-refractivity contribution is -0.138. The third kappa shape index (κ3) is 6.16. The van der Waals surface area contributed by atoms with Crippen LogP contribution in [0.25, 0.3) is 11.8 Å². The van der Waals surface area contributed by atoms with Crippen molar-refractivity contribution in [2.45, 2.75) is 39.3 Å². The lowest BCUT2D eigenvalue weighted by Gasteiger charge is -2.26. The van der Waals surface area contributed by atoms with Crippen molar-refractivity contribution >= 4 is 29.1 Å². The van der Waals surface area contributed by atoms with Gasteiger partial charge in [-0.05, 0) is 65.4 Å². The molecule has 0 amide bonds. The Hall–Kier alpha value is -5.41. The maximum absolute atomic E-state index is 14.2. The van der Waals surface area contributed by atoms with Gasteiger partial charge in [0, 0.05) is 5.56 Å². The highest BCUT2D eigenvalue weighted by atomic mass is 32.1. The Morgan fingerprint density at radius 1 is 0.979 bits per heavy atom. The molecule has 0 bridgehead atoms. The summed E-state index contributed by atoms with van der Waals surface area (Å²) in [4.78, 5) is 33.4. The molecule has 48 heavy (non-hydrogen) atoms. The second-order valence-electron chi connectivity index (χ2n) is 11.8. The predicted octanol–water partition coefficient (Wildman–Crippen LogP) is 6.37. The van der Waals surface area contributed by atoms with Crippen LogP contribution in [-0.4, -0.2) is 23.9 Å². The highest BCUT2D eigenvalue weighted by Gasteiger charge is 2.35. The van der Waals surface area contributed by atoms with Crippen LogP contribution in [0.1, 0.15) is 60.5 Å². The molecule has 1 atom stereocenters. The van der Waals surface area contributed by atoms with E-state index in [4.69, 9.17) is 23.9 Å². The van der Waals surface area contributed by atoms with Gasteiger partial charge in [0.25, 0.3) is 5.56 Å². The smallest absolute Gasteiger partial charge is 0.338 e. The van der Waals surface area contributed by atoms with E-state index < -0.39 is 12.0 Å². The molecule has 0 aliphatic carbocycles. The first-order valence-corrected chi connectivity index (χ1v) is 16.7. The number of esters is 1. The largest absolute Gasteiger partial charge is 0.489 e. The molecule has 8 nitrogen and oxygen atoms in total. The van der Waals surface area contributed by atoms with Crippen molar-refractivity contribution in [3.8, 4) is 17.2 Å². The standard InChI is InChI=1S/C39H34N2O6S/c1-4-44-38(43)34-35(28-8-6-5-7-9-28)40-39-41(36(34)29-15-13-27(14-16-29)24(2)3)37(42)33(48-39)21-25-10-17-30(18-11-25)45-22-26-12-19-31-32(20-26)47-23-46-31/h5-21,24,36H,4,22-23H2,1-3H3/b33-21-/t36-/m1/s1. The van der Waals surface area contributed by atoms with E-state index in [0.717, 1.165) is 28.0 Å². The van der Waals surface area contributed by atoms with Gasteiger partial charge >= 0.3 is 5.97 Å². The summed E-state index contributed by atoms with van der Waals surface area (Å²) < 4.78 is 24.6. The molecule has 2 aliphatic rings. The molecule has 242 valence electrons. The minimum atomic E-state index is -0.717. The van der Waals surface area contributed by atoms with E-state index in [1.165, 1.54) is 16.9 Å². The number of aromatic nitrogens is 1. The Kier molecular flexibility index (Phi) is 8.69. The van der Waals surface area contributed by atoms with Gasteiger partial charge in [-0.25, -0.2) is 9.79 Å². The number of fused-ring (bicyclic) bond motifs is 2. The third-order valence-corrected chi connectivity index (χ3v) is 9.30. The van der Waals surface area contributed by atoms with Crippen molar-refractivity contribution in [3.05, 3.63) is 150 Å². The molecule has 0 unspecified atom stereocenters. The van der Waals surface area contributed by atoms with Crippen LogP contribution in [0.5, 0.6) is 17.2 Å². The summed E-state index contributed by atoms with van der Waals surface area (Å²) in [5.41, 5.74) is 5.16. The summed E-state index contributed by atoms with van der Waals surface area (Å²) >= 11 is 1.30. The SMILES string of the molecule is CCOC(=O)C1=C(c2ccccc2)N=c2s/c(=C\c3ccc(OCc4ccc5c(c4)OCO5)cc3)c(=O)n2[C@@H]1c1ccc(C(C)C)cc1. The molecule has 0 fully saturated rings. The second kappa shape index (κ2) is 13.4. The van der Waals surface area contributed by atoms with Gasteiger partial charge in [-0.2, -0.15) is 0 Å². The van der Waals surface area contributed by atoms with Gasteiger partial charge in [0.15, 0.2) is 16.3 Å². The number of benzene rings is 4. The highest BCUT2D eigenvalue weighted by Crippen LogP contribution is 2.36. The number of rotatable bonds is 9. The molecule has 5 aromatic rings. The van der Waals surface area contributed by atoms with Crippen molar-refractivity contribution in [1.29, 1.82) is 0 Å². The van der Waals surface area contributed by atoms with Gasteiger partial charge in [-0.1, -0.05) is 98.0 Å². The average Bonchev–Trinajstić information content (AvgIpc) is 3.71. The molecule has 4 aromatic carbocycles. The number of thiazole rings is 1. The van der Waals surface area contributed by atoms with E-state index in [0.29, 0.717) is 44.6 Å². The fraction of sp³-hybridized carbons (Fsp3) is 0.205. The Balaban J connectivity index is 1.27. The van der Waals surface area contributed by atoms with E-state index in [-0.39, 0.29) is 19.0 Å². The first-order valence-electron chi connectivity index (χ1n) is 15.9. The van der Waals surface area contributed by atoms with Crippen LogP contribution in [-0.2, 0) is 16.1 Å². The number of nitrogens with zero attached hydrogens (tertiary/aromatic N) is 2. The first kappa shape index (κ1) is 31.2. The summed E-state index contributed by atoms with van der Waals surface area (Å²) in [6, 6.07) is 30.3. The molecule has 2 aliphatic heterocycles. The Morgan fingerprint density at radius 2 is 1.73 bits per heavy atom. The van der Waals surface area contributed by atoms with Crippen LogP contribution in [0, 0.1) is 0 Å². The summed E-state index contributed by atoms with van der Waals surface area (Å²) in [6.07, 6.45) is 1.85. The zero-order chi connectivity index (χ0) is 33.2. The van der Waals surface area contributed by atoms with Crippen molar-refractivity contribution in [3.63, 3.8) is 0 Å². The highest BCUT2D eigenvalue weighted by molar-refractivity contribution is 7.07. The number of hydrogen-bond donors (Lipinski definition) is 0. The molecule has 3 heterocycles. The van der Waals surface area contributed by atoms with Gasteiger partial charge in [-0.3, -0.25) is 9.36 Å². The lowest BCUT2D eigenvalue weighted by Crippen LogP contribution is -2.40. The minimum Gasteiger partial charge on any atom is -0.489 e. The summed E-state index contributed by atoms with van der Waals surface area (Å²) in [5.74, 6) is 1.98. The molecule has 0 spiro atoms. The van der Waals surface area contributed by atoms with Crippen molar-refractivity contribution in [1.82, 2.24) is 4.57 Å². The molecule has 7 rings (SSSR count). The lowest BCUT2D eigenvalue weighted by atomic mass is 9.91.